The molecule has 0 fully saturated rings. The number of halogens is 4. The predicted octanol–water partition coefficient (Wildman–Crippen LogP) is 6.64. The van der Waals surface area contributed by atoms with E-state index in [9.17, 15) is 13.2 Å². The number of hydrogen-bond donors (Lipinski definition) is 0. The third-order valence-electron chi connectivity index (χ3n) is 4.94. The van der Waals surface area contributed by atoms with E-state index in [1.807, 2.05) is 6.07 Å². The molecule has 0 aromatic heterocycles. The first-order valence-electron chi connectivity index (χ1n) is 9.25. The molecule has 6 heteroatoms. The van der Waals surface area contributed by atoms with Crippen LogP contribution in [0.4, 0.5) is 17.6 Å². The minimum atomic E-state index is -2.34. The number of ether oxygens (including phenoxy) is 2. The van der Waals surface area contributed by atoms with Gasteiger partial charge in [0.2, 0.25) is 0 Å². The van der Waals surface area contributed by atoms with Crippen LogP contribution in [0.3, 0.4) is 0 Å². The lowest BCUT2D eigenvalue weighted by molar-refractivity contribution is 0.158. The molecule has 0 bridgehead atoms. The Hall–Kier alpha value is -3.02. The van der Waals surface area contributed by atoms with Gasteiger partial charge in [0, 0.05) is 16.7 Å². The third-order valence-corrected chi connectivity index (χ3v) is 4.94. The fourth-order valence-electron chi connectivity index (χ4n) is 3.57. The lowest BCUT2D eigenvalue weighted by Crippen LogP contribution is -2.17. The first-order chi connectivity index (χ1) is 14.0. The summed E-state index contributed by atoms with van der Waals surface area (Å²) in [5.41, 5.74) is -0.509. The van der Waals surface area contributed by atoms with Crippen molar-refractivity contribution in [1.82, 2.24) is 0 Å². The Labute approximate surface area is 165 Å². The summed E-state index contributed by atoms with van der Waals surface area (Å²) >= 11 is 0. The number of hydrogen-bond acceptors (Lipinski definition) is 2. The van der Waals surface area contributed by atoms with Crippen molar-refractivity contribution in [3.8, 4) is 22.6 Å². The molecule has 0 saturated carbocycles. The minimum Gasteiger partial charge on any atom is -0.491 e. The van der Waals surface area contributed by atoms with Crippen molar-refractivity contribution in [3.05, 3.63) is 82.9 Å². The highest BCUT2D eigenvalue weighted by molar-refractivity contribution is 5.76. The van der Waals surface area contributed by atoms with Gasteiger partial charge in [-0.15, -0.1) is 0 Å². The van der Waals surface area contributed by atoms with Crippen molar-refractivity contribution >= 4 is 0 Å². The quantitative estimate of drug-likeness (QED) is 0.445. The van der Waals surface area contributed by atoms with E-state index < -0.39 is 35.1 Å². The Morgan fingerprint density at radius 2 is 1.38 bits per heavy atom. The number of para-hydroxylation sites is 1. The zero-order chi connectivity index (χ0) is 20.5. The summed E-state index contributed by atoms with van der Waals surface area (Å²) in [7, 11) is 0. The van der Waals surface area contributed by atoms with Gasteiger partial charge in [0.15, 0.2) is 23.9 Å². The van der Waals surface area contributed by atoms with Crippen LogP contribution < -0.4 is 9.47 Å². The van der Waals surface area contributed by atoms with Crippen molar-refractivity contribution in [1.29, 1.82) is 0 Å². The molecular weight excluding hydrogens is 384 g/mol. The molecule has 0 heterocycles. The average molecular weight is 402 g/mol. The second-order valence-electron chi connectivity index (χ2n) is 6.68. The van der Waals surface area contributed by atoms with Gasteiger partial charge in [-0.3, -0.25) is 0 Å². The fourth-order valence-corrected chi connectivity index (χ4v) is 3.57. The second kappa shape index (κ2) is 7.78. The van der Waals surface area contributed by atoms with E-state index in [2.05, 4.69) is 0 Å². The van der Waals surface area contributed by atoms with Crippen LogP contribution in [0, 0.1) is 11.6 Å². The molecule has 3 aromatic carbocycles. The fraction of sp³-hybridized carbons (Fsp3) is 0.217. The SMILES string of the molecule is CCOc1ccc2c(c1F)C(F)C(F)c1c-2ccc(COc2ccccc2)c1F. The number of benzene rings is 3. The van der Waals surface area contributed by atoms with Crippen LogP contribution in [0.15, 0.2) is 54.6 Å². The summed E-state index contributed by atoms with van der Waals surface area (Å²) in [5, 5.41) is 0. The monoisotopic (exact) mass is 402 g/mol. The molecule has 0 spiro atoms. The summed E-state index contributed by atoms with van der Waals surface area (Å²) in [4.78, 5) is 0. The van der Waals surface area contributed by atoms with E-state index >= 15 is 4.39 Å². The van der Waals surface area contributed by atoms with Crippen LogP contribution in [-0.4, -0.2) is 6.61 Å². The molecule has 0 radical (unpaired) electrons. The molecule has 2 unspecified atom stereocenters. The van der Waals surface area contributed by atoms with Crippen LogP contribution >= 0.6 is 0 Å². The molecule has 1 aliphatic carbocycles. The zero-order valence-electron chi connectivity index (χ0n) is 15.6. The summed E-state index contributed by atoms with van der Waals surface area (Å²) in [6.07, 6.45) is -4.67. The van der Waals surface area contributed by atoms with Crippen LogP contribution in [0.2, 0.25) is 0 Å². The van der Waals surface area contributed by atoms with E-state index in [0.717, 1.165) is 0 Å². The molecule has 150 valence electrons. The Morgan fingerprint density at radius 3 is 2.03 bits per heavy atom. The summed E-state index contributed by atoms with van der Waals surface area (Å²) in [5.74, 6) is -1.46. The standard InChI is InChI=1S/C23H18F4O2/c1-2-28-17-11-10-16-15-9-8-13(12-29-14-6-4-3-5-7-14)20(24)18(15)22(26)23(27)19(16)21(17)25/h3-11,22-23H,2,12H2,1H3. The summed E-state index contributed by atoms with van der Waals surface area (Å²) in [6.45, 7) is 1.70. The van der Waals surface area contributed by atoms with Crippen LogP contribution in [0.1, 0.15) is 36.0 Å². The Balaban J connectivity index is 1.75. The van der Waals surface area contributed by atoms with Crippen molar-refractivity contribution < 1.29 is 27.0 Å². The normalized spacial score (nSPS) is 17.4. The van der Waals surface area contributed by atoms with E-state index in [1.54, 1.807) is 31.2 Å². The van der Waals surface area contributed by atoms with Gasteiger partial charge in [0.1, 0.15) is 18.2 Å². The molecule has 2 atom stereocenters. The van der Waals surface area contributed by atoms with Crippen LogP contribution in [-0.2, 0) is 6.61 Å². The van der Waals surface area contributed by atoms with Crippen molar-refractivity contribution in [2.24, 2.45) is 0 Å². The molecule has 0 saturated heterocycles. The lowest BCUT2D eigenvalue weighted by atomic mass is 9.81. The van der Waals surface area contributed by atoms with Gasteiger partial charge >= 0.3 is 0 Å². The highest BCUT2D eigenvalue weighted by Gasteiger charge is 2.39. The number of alkyl halides is 2. The summed E-state index contributed by atoms with van der Waals surface area (Å²) in [6, 6.07) is 14.5. The largest absolute Gasteiger partial charge is 0.491 e. The van der Waals surface area contributed by atoms with E-state index in [0.29, 0.717) is 5.75 Å². The highest BCUT2D eigenvalue weighted by atomic mass is 19.2. The maximum absolute atomic E-state index is 15.1. The van der Waals surface area contributed by atoms with Gasteiger partial charge in [0.05, 0.1) is 6.61 Å². The highest BCUT2D eigenvalue weighted by Crippen LogP contribution is 2.51. The van der Waals surface area contributed by atoms with Crippen molar-refractivity contribution in [2.45, 2.75) is 25.9 Å². The Morgan fingerprint density at radius 1 is 0.759 bits per heavy atom. The van der Waals surface area contributed by atoms with Crippen molar-refractivity contribution in [3.63, 3.8) is 0 Å². The maximum atomic E-state index is 15.1. The lowest BCUT2D eigenvalue weighted by Gasteiger charge is -2.28. The predicted molar refractivity (Wildman–Crippen MR) is 101 cm³/mol. The first-order valence-corrected chi connectivity index (χ1v) is 9.25. The first kappa shape index (κ1) is 19.3. The molecule has 0 aliphatic heterocycles. The van der Waals surface area contributed by atoms with Crippen LogP contribution in [0.5, 0.6) is 11.5 Å². The third kappa shape index (κ3) is 3.33. The maximum Gasteiger partial charge on any atom is 0.171 e. The number of rotatable bonds is 5. The van der Waals surface area contributed by atoms with Gasteiger partial charge in [-0.2, -0.15) is 0 Å². The second-order valence-corrected chi connectivity index (χ2v) is 6.68. The van der Waals surface area contributed by atoms with Crippen molar-refractivity contribution in [2.75, 3.05) is 6.61 Å². The molecule has 0 amide bonds. The van der Waals surface area contributed by atoms with Gasteiger partial charge < -0.3 is 9.47 Å². The van der Waals surface area contributed by atoms with Gasteiger partial charge in [-0.1, -0.05) is 36.4 Å². The molecular formula is C23H18F4O2. The van der Waals surface area contributed by atoms with E-state index in [1.165, 1.54) is 24.3 Å². The topological polar surface area (TPSA) is 18.5 Å². The van der Waals surface area contributed by atoms with Crippen LogP contribution in [0.25, 0.3) is 11.1 Å². The molecule has 0 N–H and O–H groups in total. The summed E-state index contributed by atoms with van der Waals surface area (Å²) < 4.78 is 70.1. The minimum absolute atomic E-state index is 0.0947. The Kier molecular flexibility index (Phi) is 5.18. The van der Waals surface area contributed by atoms with Gasteiger partial charge in [-0.25, -0.2) is 17.6 Å². The van der Waals surface area contributed by atoms with E-state index in [-0.39, 0.29) is 35.7 Å². The average Bonchev–Trinajstić information content (AvgIpc) is 2.73. The van der Waals surface area contributed by atoms with E-state index in [4.69, 9.17) is 9.47 Å². The molecule has 2 nitrogen and oxygen atoms in total. The molecule has 1 aliphatic rings. The van der Waals surface area contributed by atoms with Gasteiger partial charge in [-0.05, 0) is 36.2 Å². The molecule has 3 aromatic rings. The smallest absolute Gasteiger partial charge is 0.171 e. The Bertz CT molecular complexity index is 1040. The molecule has 29 heavy (non-hydrogen) atoms. The zero-order valence-corrected chi connectivity index (χ0v) is 15.6. The van der Waals surface area contributed by atoms with Gasteiger partial charge in [0.25, 0.3) is 0 Å². The number of fused-ring (bicyclic) bond motifs is 3. The molecule has 4 rings (SSSR count).